The third kappa shape index (κ3) is 3.01. The number of amides is 2. The molecule has 2 aromatic carbocycles. The summed E-state index contributed by atoms with van der Waals surface area (Å²) in [5.41, 5.74) is 3.68. The van der Waals surface area contributed by atoms with Gasteiger partial charge in [0.05, 0.1) is 16.5 Å². The Labute approximate surface area is 153 Å². The Bertz CT molecular complexity index is 1100. The van der Waals surface area contributed by atoms with Crippen molar-refractivity contribution < 1.29 is 9.59 Å². The van der Waals surface area contributed by atoms with Crippen LogP contribution < -0.4 is 5.32 Å². The topological polar surface area (TPSA) is 74.9 Å². The van der Waals surface area contributed by atoms with Crippen LogP contribution in [0.5, 0.6) is 0 Å². The van der Waals surface area contributed by atoms with E-state index >= 15 is 0 Å². The van der Waals surface area contributed by atoms with Gasteiger partial charge in [-0.3, -0.25) is 14.9 Å². The van der Waals surface area contributed by atoms with E-state index in [1.165, 1.54) is 0 Å². The quantitative estimate of drug-likeness (QED) is 0.720. The van der Waals surface area contributed by atoms with Crippen LogP contribution in [0.15, 0.2) is 59.6 Å². The van der Waals surface area contributed by atoms with Crippen LogP contribution >= 0.6 is 11.8 Å². The first-order valence-corrected chi connectivity index (χ1v) is 8.77. The van der Waals surface area contributed by atoms with Crippen molar-refractivity contribution in [3.63, 3.8) is 0 Å². The molecule has 1 aromatic heterocycles. The van der Waals surface area contributed by atoms with Crippen molar-refractivity contribution in [2.45, 2.75) is 6.54 Å². The van der Waals surface area contributed by atoms with E-state index in [-0.39, 0.29) is 11.1 Å². The van der Waals surface area contributed by atoms with Gasteiger partial charge in [0.1, 0.15) is 0 Å². The van der Waals surface area contributed by atoms with Crippen LogP contribution in [0.1, 0.15) is 16.7 Å². The number of benzene rings is 2. The number of imide groups is 1. The fraction of sp³-hybridized carbons (Fsp3) is 0.0500. The maximum Gasteiger partial charge on any atom is 0.290 e. The van der Waals surface area contributed by atoms with Crippen molar-refractivity contribution in [2.24, 2.45) is 0 Å². The zero-order valence-corrected chi connectivity index (χ0v) is 14.4. The summed E-state index contributed by atoms with van der Waals surface area (Å²) in [7, 11) is 0. The van der Waals surface area contributed by atoms with Crippen LogP contribution in [0.3, 0.4) is 0 Å². The second-order valence-corrected chi connectivity index (χ2v) is 6.90. The molecule has 0 unspecified atom stereocenters. The van der Waals surface area contributed by atoms with E-state index in [0.717, 1.165) is 33.8 Å². The molecular weight excluding hydrogens is 346 g/mol. The highest BCUT2D eigenvalue weighted by molar-refractivity contribution is 8.18. The summed E-state index contributed by atoms with van der Waals surface area (Å²) in [6.07, 6.45) is 3.75. The zero-order chi connectivity index (χ0) is 18.1. The molecule has 0 radical (unpaired) electrons. The number of aromatic nitrogens is 1. The number of thioether (sulfide) groups is 1. The molecule has 0 bridgehead atoms. The molecule has 5 nitrogen and oxygen atoms in total. The van der Waals surface area contributed by atoms with Gasteiger partial charge in [0, 0.05) is 23.6 Å². The fourth-order valence-corrected chi connectivity index (χ4v) is 3.63. The van der Waals surface area contributed by atoms with E-state index < -0.39 is 0 Å². The first kappa shape index (κ1) is 16.2. The lowest BCUT2D eigenvalue weighted by molar-refractivity contribution is -0.115. The molecule has 6 heteroatoms. The molecule has 1 N–H and O–H groups in total. The van der Waals surface area contributed by atoms with E-state index in [1.54, 1.807) is 6.08 Å². The Balaban J connectivity index is 1.69. The van der Waals surface area contributed by atoms with Gasteiger partial charge in [0.2, 0.25) is 0 Å². The summed E-state index contributed by atoms with van der Waals surface area (Å²) in [4.78, 5) is 23.5. The third-order valence-electron chi connectivity index (χ3n) is 4.21. The smallest absolute Gasteiger partial charge is 0.290 e. The molecular formula is C20H13N3O2S. The van der Waals surface area contributed by atoms with Crippen molar-refractivity contribution in [1.82, 2.24) is 9.88 Å². The molecule has 2 amide bonds. The molecule has 0 spiro atoms. The van der Waals surface area contributed by atoms with Gasteiger partial charge in [-0.25, -0.2) is 0 Å². The van der Waals surface area contributed by atoms with Crippen molar-refractivity contribution >= 4 is 39.9 Å². The number of nitriles is 1. The molecule has 0 atom stereocenters. The lowest BCUT2D eigenvalue weighted by Crippen LogP contribution is -2.17. The summed E-state index contributed by atoms with van der Waals surface area (Å²) >= 11 is 0.918. The van der Waals surface area contributed by atoms with E-state index in [0.29, 0.717) is 17.0 Å². The molecule has 2 heterocycles. The third-order valence-corrected chi connectivity index (χ3v) is 5.02. The summed E-state index contributed by atoms with van der Waals surface area (Å²) in [5, 5.41) is 11.8. The van der Waals surface area contributed by atoms with Crippen molar-refractivity contribution in [3.05, 3.63) is 76.3 Å². The zero-order valence-electron chi connectivity index (χ0n) is 13.6. The molecule has 1 fully saturated rings. The monoisotopic (exact) mass is 359 g/mol. The average Bonchev–Trinajstić information content (AvgIpc) is 3.19. The first-order valence-electron chi connectivity index (χ1n) is 7.96. The normalized spacial score (nSPS) is 15.4. The summed E-state index contributed by atoms with van der Waals surface area (Å²) in [5.74, 6) is -0.353. The SMILES string of the molecule is N#Cc1ccc(Cn2ccc3c(C=C4SC(=O)NC4=O)cccc32)cc1. The van der Waals surface area contributed by atoms with Crippen LogP contribution in [-0.2, 0) is 11.3 Å². The minimum Gasteiger partial charge on any atom is -0.343 e. The van der Waals surface area contributed by atoms with Gasteiger partial charge in [-0.2, -0.15) is 5.26 Å². The summed E-state index contributed by atoms with van der Waals surface area (Å²) in [6.45, 7) is 0.683. The molecule has 1 aliphatic heterocycles. The number of carbonyl (C=O) groups is 2. The van der Waals surface area contributed by atoms with Gasteiger partial charge in [0.15, 0.2) is 0 Å². The van der Waals surface area contributed by atoms with Crippen molar-refractivity contribution in [1.29, 1.82) is 5.26 Å². The molecule has 126 valence electrons. The van der Waals surface area contributed by atoms with Crippen LogP contribution in [0.2, 0.25) is 0 Å². The number of hydrogen-bond donors (Lipinski definition) is 1. The standard InChI is InChI=1S/C20H13N3O2S/c21-11-13-4-6-14(7-5-13)12-23-9-8-16-15(2-1-3-17(16)23)10-18-19(24)22-20(25)26-18/h1-10H,12H2,(H,22,24,25). The Morgan fingerprint density at radius 1 is 1.12 bits per heavy atom. The molecule has 1 saturated heterocycles. The van der Waals surface area contributed by atoms with E-state index in [1.807, 2.05) is 54.7 Å². The van der Waals surface area contributed by atoms with E-state index in [2.05, 4.69) is 16.0 Å². The van der Waals surface area contributed by atoms with E-state index in [9.17, 15) is 9.59 Å². The van der Waals surface area contributed by atoms with Crippen LogP contribution in [0.25, 0.3) is 17.0 Å². The lowest BCUT2D eigenvalue weighted by Gasteiger charge is -2.07. The predicted octanol–water partition coefficient (Wildman–Crippen LogP) is 3.89. The van der Waals surface area contributed by atoms with Gasteiger partial charge in [-0.1, -0.05) is 24.3 Å². The lowest BCUT2D eigenvalue weighted by atomic mass is 10.1. The Kier molecular flexibility index (Phi) is 4.07. The van der Waals surface area contributed by atoms with Gasteiger partial charge in [0.25, 0.3) is 11.1 Å². The summed E-state index contributed by atoms with van der Waals surface area (Å²) in [6, 6.07) is 17.5. The van der Waals surface area contributed by atoms with E-state index in [4.69, 9.17) is 5.26 Å². The summed E-state index contributed by atoms with van der Waals surface area (Å²) < 4.78 is 2.12. The molecule has 26 heavy (non-hydrogen) atoms. The van der Waals surface area contributed by atoms with Crippen LogP contribution in [-0.4, -0.2) is 15.7 Å². The molecule has 3 aromatic rings. The first-order chi connectivity index (χ1) is 12.6. The van der Waals surface area contributed by atoms with Crippen LogP contribution in [0, 0.1) is 11.3 Å². The maximum atomic E-state index is 11.8. The molecule has 1 aliphatic rings. The fourth-order valence-electron chi connectivity index (χ4n) is 2.95. The maximum absolute atomic E-state index is 11.8. The van der Waals surface area contributed by atoms with Gasteiger partial charge < -0.3 is 4.57 Å². The van der Waals surface area contributed by atoms with Gasteiger partial charge >= 0.3 is 0 Å². The Morgan fingerprint density at radius 3 is 2.62 bits per heavy atom. The Morgan fingerprint density at radius 2 is 1.92 bits per heavy atom. The van der Waals surface area contributed by atoms with Gasteiger partial charge in [-0.15, -0.1) is 0 Å². The number of nitrogens with one attached hydrogen (secondary N) is 1. The number of carbonyl (C=O) groups excluding carboxylic acids is 2. The second kappa shape index (κ2) is 6.54. The average molecular weight is 359 g/mol. The number of hydrogen-bond acceptors (Lipinski definition) is 4. The predicted molar refractivity (Wildman–Crippen MR) is 101 cm³/mol. The highest BCUT2D eigenvalue weighted by Gasteiger charge is 2.25. The Hall–Kier alpha value is -3.30. The number of fused-ring (bicyclic) bond motifs is 1. The molecule has 4 rings (SSSR count). The largest absolute Gasteiger partial charge is 0.343 e. The van der Waals surface area contributed by atoms with Crippen molar-refractivity contribution in [3.8, 4) is 6.07 Å². The minimum atomic E-state index is -0.353. The second-order valence-electron chi connectivity index (χ2n) is 5.88. The molecule has 0 aliphatic carbocycles. The number of nitrogens with zero attached hydrogens (tertiary/aromatic N) is 2. The highest BCUT2D eigenvalue weighted by Crippen LogP contribution is 2.29. The minimum absolute atomic E-state index is 0.341. The van der Waals surface area contributed by atoms with Crippen LogP contribution in [0.4, 0.5) is 4.79 Å². The van der Waals surface area contributed by atoms with Gasteiger partial charge in [-0.05, 0) is 53.2 Å². The van der Waals surface area contributed by atoms with Crippen molar-refractivity contribution in [2.75, 3.05) is 0 Å². The highest BCUT2D eigenvalue weighted by atomic mass is 32.2. The number of rotatable bonds is 3. The molecule has 0 saturated carbocycles.